The predicted octanol–water partition coefficient (Wildman–Crippen LogP) is 2.78. The Morgan fingerprint density at radius 3 is 1.95 bits per heavy atom. The number of halogens is 6. The molecule has 0 radical (unpaired) electrons. The molecule has 0 saturated heterocycles. The molecule has 2 atom stereocenters. The van der Waals surface area contributed by atoms with Crippen molar-refractivity contribution in [1.29, 1.82) is 0 Å². The molecular weight excluding hydrogens is 308 g/mol. The highest BCUT2D eigenvalue weighted by atomic mass is 19.4. The number of alkyl halides is 6. The predicted molar refractivity (Wildman–Crippen MR) is 60.3 cm³/mol. The highest BCUT2D eigenvalue weighted by Gasteiger charge is 2.32. The number of carbonyl (C=O) groups excluding carboxylic acids is 1. The minimum atomic E-state index is -4.59. The van der Waals surface area contributed by atoms with E-state index < -0.39 is 43.8 Å². The molecule has 0 heterocycles. The summed E-state index contributed by atoms with van der Waals surface area (Å²) in [5.74, 6) is -0.972. The van der Waals surface area contributed by atoms with E-state index >= 15 is 0 Å². The van der Waals surface area contributed by atoms with Crippen LogP contribution < -0.4 is 5.32 Å². The summed E-state index contributed by atoms with van der Waals surface area (Å²) < 4.78 is 80.5. The van der Waals surface area contributed by atoms with Crippen LogP contribution in [0, 0.1) is 0 Å². The standard InChI is InChI=1S/C11H17F6NO3/c1-3-4-8(21-6-11(15,16)17)18-9(19)7(2)20-5-10(12,13)14/h7-8H,3-6H2,1-2H3,(H,18,19). The third kappa shape index (κ3) is 11.3. The summed E-state index contributed by atoms with van der Waals surface area (Å²) >= 11 is 0. The Morgan fingerprint density at radius 2 is 1.52 bits per heavy atom. The number of hydrogen-bond acceptors (Lipinski definition) is 3. The van der Waals surface area contributed by atoms with E-state index in [0.717, 1.165) is 6.92 Å². The third-order valence-electron chi connectivity index (χ3n) is 2.17. The Balaban J connectivity index is 4.32. The molecule has 21 heavy (non-hydrogen) atoms. The van der Waals surface area contributed by atoms with Crippen LogP contribution in [0.4, 0.5) is 26.3 Å². The Bertz CT molecular complexity index is 318. The van der Waals surface area contributed by atoms with E-state index in [9.17, 15) is 31.1 Å². The zero-order chi connectivity index (χ0) is 16.7. The SMILES string of the molecule is CCCC(NC(=O)C(C)OCC(F)(F)F)OCC(F)(F)F. The molecule has 0 bridgehead atoms. The quantitative estimate of drug-likeness (QED) is 0.551. The van der Waals surface area contributed by atoms with Gasteiger partial charge in [0.15, 0.2) is 0 Å². The molecule has 0 rings (SSSR count). The van der Waals surface area contributed by atoms with Gasteiger partial charge in [0.1, 0.15) is 25.5 Å². The van der Waals surface area contributed by atoms with E-state index in [4.69, 9.17) is 0 Å². The van der Waals surface area contributed by atoms with Crippen molar-refractivity contribution < 1.29 is 40.6 Å². The maximum absolute atomic E-state index is 12.0. The average Bonchev–Trinajstić information content (AvgIpc) is 2.31. The van der Waals surface area contributed by atoms with Crippen molar-refractivity contribution in [2.45, 2.75) is 51.4 Å². The molecule has 2 unspecified atom stereocenters. The highest BCUT2D eigenvalue weighted by molar-refractivity contribution is 5.80. The molecule has 0 fully saturated rings. The first kappa shape index (κ1) is 20.0. The summed E-state index contributed by atoms with van der Waals surface area (Å²) in [6, 6.07) is 0. The van der Waals surface area contributed by atoms with Gasteiger partial charge in [-0.25, -0.2) is 0 Å². The lowest BCUT2D eigenvalue weighted by molar-refractivity contribution is -0.195. The molecule has 0 aromatic heterocycles. The molecule has 0 spiro atoms. The molecule has 1 amide bonds. The summed E-state index contributed by atoms with van der Waals surface area (Å²) in [4.78, 5) is 11.5. The number of rotatable bonds is 8. The second-order valence-electron chi connectivity index (χ2n) is 4.28. The zero-order valence-corrected chi connectivity index (χ0v) is 11.5. The van der Waals surface area contributed by atoms with Crippen LogP contribution in [-0.4, -0.2) is 43.8 Å². The second kappa shape index (κ2) is 8.42. The van der Waals surface area contributed by atoms with Gasteiger partial charge in [0.25, 0.3) is 5.91 Å². The number of carbonyl (C=O) groups is 1. The van der Waals surface area contributed by atoms with Gasteiger partial charge in [-0.05, 0) is 13.3 Å². The fourth-order valence-corrected chi connectivity index (χ4v) is 1.23. The van der Waals surface area contributed by atoms with Crippen LogP contribution in [0.25, 0.3) is 0 Å². The summed E-state index contributed by atoms with van der Waals surface area (Å²) in [6.45, 7) is -0.466. The largest absolute Gasteiger partial charge is 0.411 e. The maximum Gasteiger partial charge on any atom is 0.411 e. The molecule has 0 aliphatic heterocycles. The average molecular weight is 325 g/mol. The fraction of sp³-hybridized carbons (Fsp3) is 0.909. The van der Waals surface area contributed by atoms with Gasteiger partial charge in [-0.15, -0.1) is 0 Å². The van der Waals surface area contributed by atoms with E-state index in [2.05, 4.69) is 14.8 Å². The molecule has 0 aliphatic carbocycles. The topological polar surface area (TPSA) is 47.6 Å². The zero-order valence-electron chi connectivity index (χ0n) is 11.5. The Labute approximate surface area is 117 Å². The van der Waals surface area contributed by atoms with Crippen molar-refractivity contribution in [1.82, 2.24) is 5.32 Å². The van der Waals surface area contributed by atoms with Gasteiger partial charge >= 0.3 is 12.4 Å². The number of ether oxygens (including phenoxy) is 2. The van der Waals surface area contributed by atoms with Crippen molar-refractivity contribution in [3.63, 3.8) is 0 Å². The molecule has 10 heteroatoms. The highest BCUT2D eigenvalue weighted by Crippen LogP contribution is 2.17. The molecule has 1 N–H and O–H groups in total. The molecule has 0 saturated carbocycles. The van der Waals surface area contributed by atoms with Crippen LogP contribution in [0.5, 0.6) is 0 Å². The molecular formula is C11H17F6NO3. The van der Waals surface area contributed by atoms with E-state index in [1.165, 1.54) is 0 Å². The van der Waals surface area contributed by atoms with Crippen molar-refractivity contribution >= 4 is 5.91 Å². The van der Waals surface area contributed by atoms with E-state index in [1.807, 2.05) is 0 Å². The van der Waals surface area contributed by atoms with Gasteiger partial charge in [-0.1, -0.05) is 13.3 Å². The van der Waals surface area contributed by atoms with E-state index in [1.54, 1.807) is 6.92 Å². The van der Waals surface area contributed by atoms with Crippen molar-refractivity contribution in [3.8, 4) is 0 Å². The second-order valence-corrected chi connectivity index (χ2v) is 4.28. The third-order valence-corrected chi connectivity index (χ3v) is 2.17. The van der Waals surface area contributed by atoms with Gasteiger partial charge in [0, 0.05) is 0 Å². The number of amides is 1. The molecule has 0 aliphatic rings. The summed E-state index contributed by atoms with van der Waals surface area (Å²) in [7, 11) is 0. The van der Waals surface area contributed by atoms with Gasteiger partial charge in [0.2, 0.25) is 0 Å². The molecule has 0 aromatic rings. The van der Waals surface area contributed by atoms with Crippen LogP contribution in [0.1, 0.15) is 26.7 Å². The fourth-order valence-electron chi connectivity index (χ4n) is 1.23. The summed E-state index contributed by atoms with van der Waals surface area (Å²) in [5, 5.41) is 2.07. The lowest BCUT2D eigenvalue weighted by Gasteiger charge is -2.22. The van der Waals surface area contributed by atoms with Gasteiger partial charge in [0.05, 0.1) is 0 Å². The maximum atomic E-state index is 12.0. The lowest BCUT2D eigenvalue weighted by atomic mass is 10.3. The summed E-state index contributed by atoms with van der Waals surface area (Å²) in [5.41, 5.74) is 0. The number of nitrogens with one attached hydrogen (secondary N) is 1. The minimum Gasteiger partial charge on any atom is -0.359 e. The first-order chi connectivity index (χ1) is 9.44. The first-order valence-corrected chi connectivity index (χ1v) is 6.11. The van der Waals surface area contributed by atoms with E-state index in [0.29, 0.717) is 6.42 Å². The minimum absolute atomic E-state index is 0.0911. The van der Waals surface area contributed by atoms with Crippen molar-refractivity contribution in [2.75, 3.05) is 13.2 Å². The monoisotopic (exact) mass is 325 g/mol. The van der Waals surface area contributed by atoms with Crippen LogP contribution in [0.3, 0.4) is 0 Å². The van der Waals surface area contributed by atoms with Crippen LogP contribution in [0.15, 0.2) is 0 Å². The van der Waals surface area contributed by atoms with Crippen LogP contribution in [0.2, 0.25) is 0 Å². The molecule has 0 aromatic carbocycles. The Morgan fingerprint density at radius 1 is 1.05 bits per heavy atom. The smallest absolute Gasteiger partial charge is 0.359 e. The Kier molecular flexibility index (Phi) is 8.01. The first-order valence-electron chi connectivity index (χ1n) is 6.11. The van der Waals surface area contributed by atoms with Gasteiger partial charge < -0.3 is 14.8 Å². The molecule has 4 nitrogen and oxygen atoms in total. The molecule has 126 valence electrons. The Hall–Kier alpha value is -1.03. The van der Waals surface area contributed by atoms with Crippen LogP contribution in [-0.2, 0) is 14.3 Å². The van der Waals surface area contributed by atoms with E-state index in [-0.39, 0.29) is 6.42 Å². The normalized spacial score (nSPS) is 15.6. The number of hydrogen-bond donors (Lipinski definition) is 1. The van der Waals surface area contributed by atoms with Gasteiger partial charge in [-0.3, -0.25) is 4.79 Å². The lowest BCUT2D eigenvalue weighted by Crippen LogP contribution is -2.44. The van der Waals surface area contributed by atoms with Crippen molar-refractivity contribution in [3.05, 3.63) is 0 Å². The summed E-state index contributed by atoms with van der Waals surface area (Å²) in [6.07, 6.45) is -11.3. The van der Waals surface area contributed by atoms with Crippen molar-refractivity contribution in [2.24, 2.45) is 0 Å². The van der Waals surface area contributed by atoms with Crippen LogP contribution >= 0.6 is 0 Å². The van der Waals surface area contributed by atoms with Gasteiger partial charge in [-0.2, -0.15) is 26.3 Å².